The van der Waals surface area contributed by atoms with Crippen LogP contribution in [0.1, 0.15) is 23.9 Å². The van der Waals surface area contributed by atoms with Gasteiger partial charge in [0.05, 0.1) is 13.1 Å². The van der Waals surface area contributed by atoms with Gasteiger partial charge in [0.15, 0.2) is 0 Å². The van der Waals surface area contributed by atoms with Crippen molar-refractivity contribution in [3.8, 4) is 5.75 Å². The summed E-state index contributed by atoms with van der Waals surface area (Å²) in [5.74, 6) is 0.771. The Morgan fingerprint density at radius 2 is 2.17 bits per heavy atom. The minimum Gasteiger partial charge on any atom is -0.487 e. The molecule has 2 amide bonds. The second kappa shape index (κ2) is 5.42. The molecule has 2 aliphatic heterocycles. The number of nitrogens with one attached hydrogen (secondary N) is 2. The van der Waals surface area contributed by atoms with E-state index in [0.29, 0.717) is 25.2 Å². The predicted octanol–water partition coefficient (Wildman–Crippen LogP) is 1.44. The maximum atomic E-state index is 12.1. The molecule has 2 N–H and O–H groups in total. The van der Waals surface area contributed by atoms with Crippen molar-refractivity contribution in [3.63, 3.8) is 0 Å². The van der Waals surface area contributed by atoms with Gasteiger partial charge in [-0.25, -0.2) is 0 Å². The fourth-order valence-corrected chi connectivity index (χ4v) is 2.85. The lowest BCUT2D eigenvalue weighted by atomic mass is 10.0. The largest absolute Gasteiger partial charge is 0.487 e. The van der Waals surface area contributed by atoms with Crippen molar-refractivity contribution in [2.45, 2.75) is 18.9 Å². The van der Waals surface area contributed by atoms with E-state index in [2.05, 4.69) is 15.5 Å². The number of likely N-dealkylation sites (tertiary alicyclic amines) is 1. The minimum atomic E-state index is -0.0597. The minimum absolute atomic E-state index is 0. The third-order valence-electron chi connectivity index (χ3n) is 4.14. The molecule has 0 bridgehead atoms. The molecule has 120 valence electrons. The quantitative estimate of drug-likeness (QED) is 0.897. The van der Waals surface area contributed by atoms with Crippen LogP contribution in [0.2, 0.25) is 0 Å². The van der Waals surface area contributed by atoms with Crippen LogP contribution in [-0.2, 0) is 11.2 Å². The molecule has 23 heavy (non-hydrogen) atoms. The van der Waals surface area contributed by atoms with E-state index in [9.17, 15) is 9.59 Å². The summed E-state index contributed by atoms with van der Waals surface area (Å²) in [6.07, 6.45) is 2.80. The van der Waals surface area contributed by atoms with E-state index in [0.717, 1.165) is 23.4 Å². The van der Waals surface area contributed by atoms with Gasteiger partial charge in [-0.2, -0.15) is 5.10 Å². The highest BCUT2D eigenvalue weighted by atomic mass is 16.5. The molecule has 1 aromatic heterocycles. The Bertz CT molecular complexity index is 757. The number of nitrogens with zero attached hydrogens (tertiary/aromatic N) is 2. The highest BCUT2D eigenvalue weighted by Crippen LogP contribution is 2.28. The van der Waals surface area contributed by atoms with Crippen LogP contribution in [-0.4, -0.2) is 46.1 Å². The van der Waals surface area contributed by atoms with Gasteiger partial charge < -0.3 is 15.0 Å². The highest BCUT2D eigenvalue weighted by molar-refractivity contribution is 5.94. The number of rotatable bonds is 3. The van der Waals surface area contributed by atoms with E-state index < -0.39 is 0 Å². The van der Waals surface area contributed by atoms with E-state index in [4.69, 9.17) is 4.74 Å². The summed E-state index contributed by atoms with van der Waals surface area (Å²) >= 11 is 0. The van der Waals surface area contributed by atoms with Crippen LogP contribution in [0.25, 0.3) is 0 Å². The van der Waals surface area contributed by atoms with Gasteiger partial charge in [0.25, 0.3) is 5.91 Å². The van der Waals surface area contributed by atoms with Crippen LogP contribution in [0.3, 0.4) is 0 Å². The molecule has 7 nitrogen and oxygen atoms in total. The van der Waals surface area contributed by atoms with Gasteiger partial charge in [0.1, 0.15) is 17.5 Å². The van der Waals surface area contributed by atoms with Crippen molar-refractivity contribution in [3.05, 3.63) is 41.7 Å². The summed E-state index contributed by atoms with van der Waals surface area (Å²) in [4.78, 5) is 25.1. The topological polar surface area (TPSA) is 87.3 Å². The summed E-state index contributed by atoms with van der Waals surface area (Å²) in [6.45, 7) is 1.12. The predicted molar refractivity (Wildman–Crippen MR) is 84.4 cm³/mol. The summed E-state index contributed by atoms with van der Waals surface area (Å²) in [5.41, 5.74) is 2.44. The first kappa shape index (κ1) is 13.8. The average Bonchev–Trinajstić information content (AvgIpc) is 3.04. The third-order valence-corrected chi connectivity index (χ3v) is 4.14. The van der Waals surface area contributed by atoms with Gasteiger partial charge in [-0.3, -0.25) is 14.7 Å². The Balaban J connectivity index is 0.00000169. The lowest BCUT2D eigenvalue weighted by Gasteiger charge is -2.38. The van der Waals surface area contributed by atoms with Crippen molar-refractivity contribution in [1.29, 1.82) is 0 Å². The summed E-state index contributed by atoms with van der Waals surface area (Å²) < 4.78 is 5.91. The number of aromatic nitrogens is 2. The lowest BCUT2D eigenvalue weighted by Crippen LogP contribution is -2.56. The summed E-state index contributed by atoms with van der Waals surface area (Å²) in [5, 5.41) is 9.30. The van der Waals surface area contributed by atoms with Gasteiger partial charge in [0, 0.05) is 19.7 Å². The van der Waals surface area contributed by atoms with Crippen LogP contribution >= 0.6 is 0 Å². The van der Waals surface area contributed by atoms with Gasteiger partial charge >= 0.3 is 0 Å². The molecule has 1 fully saturated rings. The number of H-pyrrole nitrogens is 1. The monoisotopic (exact) mass is 314 g/mol. The Kier molecular flexibility index (Phi) is 3.25. The summed E-state index contributed by atoms with van der Waals surface area (Å²) in [7, 11) is 0. The Hall–Kier alpha value is -2.83. The molecule has 0 atom stereocenters. The van der Waals surface area contributed by atoms with E-state index in [1.807, 2.05) is 18.2 Å². The number of aryl methyl sites for hydroxylation is 1. The van der Waals surface area contributed by atoms with Crippen LogP contribution < -0.4 is 10.1 Å². The number of hydrogen-bond acceptors (Lipinski definition) is 4. The fourth-order valence-electron chi connectivity index (χ4n) is 2.85. The zero-order chi connectivity index (χ0) is 15.8. The lowest BCUT2D eigenvalue weighted by molar-refractivity contribution is -0.116. The van der Waals surface area contributed by atoms with Gasteiger partial charge in [0.2, 0.25) is 5.91 Å². The number of fused-ring (bicyclic) bond motifs is 1. The number of amides is 2. The molecule has 0 radical (unpaired) electrons. The summed E-state index contributed by atoms with van der Waals surface area (Å²) in [6, 6.07) is 7.35. The van der Waals surface area contributed by atoms with Gasteiger partial charge in [-0.15, -0.1) is 0 Å². The molecule has 2 aromatic rings. The molecular formula is C16H18N4O3. The molecule has 2 aliphatic rings. The number of carbonyl (C=O) groups excluding carboxylic acids is 2. The Labute approximate surface area is 134 Å². The van der Waals surface area contributed by atoms with E-state index in [1.54, 1.807) is 17.2 Å². The van der Waals surface area contributed by atoms with Crippen molar-refractivity contribution in [1.82, 2.24) is 15.1 Å². The molecule has 3 heterocycles. The molecule has 1 saturated heterocycles. The number of anilines is 1. The van der Waals surface area contributed by atoms with Crippen molar-refractivity contribution < 1.29 is 15.8 Å². The number of hydrogen-bond donors (Lipinski definition) is 2. The molecule has 7 heteroatoms. The maximum Gasteiger partial charge on any atom is 0.272 e. The molecule has 0 spiro atoms. The third kappa shape index (κ3) is 2.65. The van der Waals surface area contributed by atoms with Gasteiger partial charge in [-0.05, 0) is 36.2 Å². The standard InChI is InChI=1S/C16H16N4O3.H2/c21-15-4-1-10-7-11(2-3-13(10)18-15)23-12-8-20(9-12)16(22)14-5-6-17-19-14;/h2-3,5-7,12H,1,4,8-9H2,(H,17,19)(H,18,21);1H. The fraction of sp³-hybridized carbons (Fsp3) is 0.312. The SMILES string of the molecule is O=C1CCc2cc(OC3CN(C(=O)c4ccn[nH]4)C3)ccc2N1.[HH]. The van der Waals surface area contributed by atoms with E-state index >= 15 is 0 Å². The molecule has 4 rings (SSSR count). The molecule has 0 unspecified atom stereocenters. The molecule has 1 aromatic carbocycles. The first-order chi connectivity index (χ1) is 11.2. The zero-order valence-electron chi connectivity index (χ0n) is 12.4. The Morgan fingerprint density at radius 1 is 1.30 bits per heavy atom. The smallest absolute Gasteiger partial charge is 0.272 e. The number of aromatic amines is 1. The van der Waals surface area contributed by atoms with Crippen LogP contribution in [0.15, 0.2) is 30.5 Å². The van der Waals surface area contributed by atoms with Crippen LogP contribution in [0, 0.1) is 0 Å². The molecular weight excluding hydrogens is 296 g/mol. The first-order valence-corrected chi connectivity index (χ1v) is 7.57. The van der Waals surface area contributed by atoms with Crippen molar-refractivity contribution >= 4 is 17.5 Å². The average molecular weight is 314 g/mol. The van der Waals surface area contributed by atoms with Gasteiger partial charge in [-0.1, -0.05) is 0 Å². The number of carbonyl (C=O) groups is 2. The molecule has 0 saturated carbocycles. The van der Waals surface area contributed by atoms with Crippen LogP contribution in [0.5, 0.6) is 5.75 Å². The second-order valence-electron chi connectivity index (χ2n) is 5.79. The van der Waals surface area contributed by atoms with E-state index in [1.165, 1.54) is 0 Å². The number of ether oxygens (including phenoxy) is 1. The Morgan fingerprint density at radius 3 is 2.96 bits per heavy atom. The van der Waals surface area contributed by atoms with Crippen molar-refractivity contribution in [2.24, 2.45) is 0 Å². The van der Waals surface area contributed by atoms with Crippen molar-refractivity contribution in [2.75, 3.05) is 18.4 Å². The number of benzene rings is 1. The first-order valence-electron chi connectivity index (χ1n) is 7.57. The highest BCUT2D eigenvalue weighted by Gasteiger charge is 2.33. The second-order valence-corrected chi connectivity index (χ2v) is 5.79. The maximum absolute atomic E-state index is 12.1. The van der Waals surface area contributed by atoms with Crippen LogP contribution in [0.4, 0.5) is 5.69 Å². The zero-order valence-corrected chi connectivity index (χ0v) is 12.4. The normalized spacial score (nSPS) is 17.2. The molecule has 0 aliphatic carbocycles. The van der Waals surface area contributed by atoms with E-state index in [-0.39, 0.29) is 19.3 Å².